The third kappa shape index (κ3) is 2.32. The van der Waals surface area contributed by atoms with E-state index in [-0.39, 0.29) is 0 Å². The number of hydrogen-bond acceptors (Lipinski definition) is 2. The number of hydrogen-bond donors (Lipinski definition) is 1. The highest BCUT2D eigenvalue weighted by Gasteiger charge is 2.24. The lowest BCUT2D eigenvalue weighted by Crippen LogP contribution is -2.32. The summed E-state index contributed by atoms with van der Waals surface area (Å²) in [7, 11) is 2.04. The second-order valence-corrected chi connectivity index (χ2v) is 7.42. The van der Waals surface area contributed by atoms with E-state index in [9.17, 15) is 0 Å². The fraction of sp³-hybridized carbons (Fsp3) is 0.211. The molecule has 0 amide bonds. The first-order valence-electron chi connectivity index (χ1n) is 8.26. The van der Waals surface area contributed by atoms with Crippen molar-refractivity contribution in [1.29, 1.82) is 0 Å². The minimum Gasteiger partial charge on any atom is -0.357 e. The molecular formula is C19H16Cl2N4. The number of imidazole rings is 1. The van der Waals surface area contributed by atoms with Gasteiger partial charge in [0.15, 0.2) is 0 Å². The number of fused-ring (bicyclic) bond motifs is 4. The summed E-state index contributed by atoms with van der Waals surface area (Å²) in [5.41, 5.74) is 5.78. The molecule has 0 spiro atoms. The third-order valence-corrected chi connectivity index (χ3v) is 5.51. The van der Waals surface area contributed by atoms with Crippen LogP contribution in [0.5, 0.6) is 0 Å². The number of anilines is 1. The number of halogens is 2. The highest BCUT2D eigenvalue weighted by atomic mass is 35.5. The Bertz CT molecular complexity index is 1130. The first-order chi connectivity index (χ1) is 12.1. The Labute approximate surface area is 155 Å². The van der Waals surface area contributed by atoms with Gasteiger partial charge in [-0.05, 0) is 48.4 Å². The Morgan fingerprint density at radius 1 is 1.08 bits per heavy atom. The molecule has 0 saturated carbocycles. The Hall–Kier alpha value is -2.17. The SMILES string of the molecule is Cn1c(N2CCc3c([nH]c4ccc(Cl)cc34)C2)nc2ccc(Cl)cc21. The van der Waals surface area contributed by atoms with Gasteiger partial charge in [-0.15, -0.1) is 0 Å². The zero-order chi connectivity index (χ0) is 17.1. The average molecular weight is 371 g/mol. The molecule has 2 aromatic heterocycles. The molecule has 1 aliphatic rings. The van der Waals surface area contributed by atoms with E-state index in [0.717, 1.165) is 52.1 Å². The molecule has 2 aromatic carbocycles. The summed E-state index contributed by atoms with van der Waals surface area (Å²) in [6.45, 7) is 1.74. The second-order valence-electron chi connectivity index (χ2n) is 6.55. The molecule has 0 atom stereocenters. The Balaban J connectivity index is 1.57. The van der Waals surface area contributed by atoms with E-state index >= 15 is 0 Å². The third-order valence-electron chi connectivity index (χ3n) is 5.04. The molecular weight excluding hydrogens is 355 g/mol. The maximum Gasteiger partial charge on any atom is 0.206 e. The van der Waals surface area contributed by atoms with E-state index in [0.29, 0.717) is 0 Å². The van der Waals surface area contributed by atoms with Gasteiger partial charge in [-0.1, -0.05) is 23.2 Å². The van der Waals surface area contributed by atoms with Gasteiger partial charge < -0.3 is 14.5 Å². The molecule has 3 heterocycles. The highest BCUT2D eigenvalue weighted by molar-refractivity contribution is 6.31. The number of H-pyrrole nitrogens is 1. The van der Waals surface area contributed by atoms with Crippen molar-refractivity contribution >= 4 is 51.1 Å². The molecule has 0 unspecified atom stereocenters. The van der Waals surface area contributed by atoms with Gasteiger partial charge >= 0.3 is 0 Å². The summed E-state index contributed by atoms with van der Waals surface area (Å²) >= 11 is 12.3. The second kappa shape index (κ2) is 5.41. The highest BCUT2D eigenvalue weighted by Crippen LogP contribution is 2.32. The zero-order valence-electron chi connectivity index (χ0n) is 13.7. The number of nitrogens with zero attached hydrogens (tertiary/aromatic N) is 3. The zero-order valence-corrected chi connectivity index (χ0v) is 15.2. The maximum atomic E-state index is 6.17. The van der Waals surface area contributed by atoms with Crippen molar-refractivity contribution in [2.45, 2.75) is 13.0 Å². The number of benzene rings is 2. The van der Waals surface area contributed by atoms with Crippen LogP contribution in [0.2, 0.25) is 10.0 Å². The molecule has 1 aliphatic heterocycles. The van der Waals surface area contributed by atoms with Gasteiger partial charge in [-0.25, -0.2) is 4.98 Å². The van der Waals surface area contributed by atoms with Crippen molar-refractivity contribution in [2.24, 2.45) is 7.05 Å². The number of aromatic amines is 1. The molecule has 0 radical (unpaired) electrons. The molecule has 0 fully saturated rings. The Kier molecular flexibility index (Phi) is 3.27. The van der Waals surface area contributed by atoms with Crippen molar-refractivity contribution in [3.8, 4) is 0 Å². The van der Waals surface area contributed by atoms with E-state index in [4.69, 9.17) is 28.2 Å². The largest absolute Gasteiger partial charge is 0.357 e. The monoisotopic (exact) mass is 370 g/mol. The molecule has 4 nitrogen and oxygen atoms in total. The maximum absolute atomic E-state index is 6.17. The van der Waals surface area contributed by atoms with Crippen molar-refractivity contribution in [3.05, 3.63) is 57.7 Å². The van der Waals surface area contributed by atoms with Gasteiger partial charge in [0, 0.05) is 40.2 Å². The molecule has 6 heteroatoms. The van der Waals surface area contributed by atoms with E-state index in [1.807, 2.05) is 31.3 Å². The van der Waals surface area contributed by atoms with E-state index in [2.05, 4.69) is 26.6 Å². The molecule has 126 valence electrons. The molecule has 0 saturated heterocycles. The van der Waals surface area contributed by atoms with Crippen LogP contribution in [0.1, 0.15) is 11.3 Å². The van der Waals surface area contributed by atoms with Crippen molar-refractivity contribution in [2.75, 3.05) is 11.4 Å². The first kappa shape index (κ1) is 15.1. The molecule has 1 N–H and O–H groups in total. The van der Waals surface area contributed by atoms with E-state index < -0.39 is 0 Å². The summed E-state index contributed by atoms with van der Waals surface area (Å²) < 4.78 is 2.12. The smallest absolute Gasteiger partial charge is 0.206 e. The van der Waals surface area contributed by atoms with Gasteiger partial charge in [-0.2, -0.15) is 0 Å². The van der Waals surface area contributed by atoms with Crippen LogP contribution in [0.15, 0.2) is 36.4 Å². The van der Waals surface area contributed by atoms with Crippen LogP contribution in [0.4, 0.5) is 5.95 Å². The lowest BCUT2D eigenvalue weighted by molar-refractivity contribution is 0.686. The molecule has 25 heavy (non-hydrogen) atoms. The number of rotatable bonds is 1. The number of nitrogens with one attached hydrogen (secondary N) is 1. The lowest BCUT2D eigenvalue weighted by Gasteiger charge is -2.28. The van der Waals surface area contributed by atoms with Crippen LogP contribution in [0.25, 0.3) is 21.9 Å². The Morgan fingerprint density at radius 2 is 1.88 bits per heavy atom. The van der Waals surface area contributed by atoms with Gasteiger partial charge in [0.05, 0.1) is 17.6 Å². The van der Waals surface area contributed by atoms with Crippen LogP contribution >= 0.6 is 23.2 Å². The Morgan fingerprint density at radius 3 is 2.76 bits per heavy atom. The number of aromatic nitrogens is 3. The summed E-state index contributed by atoms with van der Waals surface area (Å²) in [5, 5.41) is 2.75. The van der Waals surface area contributed by atoms with Crippen molar-refractivity contribution in [1.82, 2.24) is 14.5 Å². The molecule has 0 bridgehead atoms. The summed E-state index contributed by atoms with van der Waals surface area (Å²) in [5.74, 6) is 0.972. The van der Waals surface area contributed by atoms with Crippen LogP contribution < -0.4 is 4.90 Å². The van der Waals surface area contributed by atoms with Crippen LogP contribution in [0, 0.1) is 0 Å². The normalized spacial score (nSPS) is 14.4. The molecule has 5 rings (SSSR count). The lowest BCUT2D eigenvalue weighted by atomic mass is 10.0. The van der Waals surface area contributed by atoms with Gasteiger partial charge in [0.1, 0.15) is 0 Å². The van der Waals surface area contributed by atoms with E-state index in [1.165, 1.54) is 16.6 Å². The number of aryl methyl sites for hydroxylation is 1. The molecule has 4 aromatic rings. The predicted molar refractivity (Wildman–Crippen MR) is 104 cm³/mol. The summed E-state index contributed by atoms with van der Waals surface area (Å²) in [6.07, 6.45) is 0.972. The predicted octanol–water partition coefficient (Wildman–Crippen LogP) is 4.92. The molecule has 0 aliphatic carbocycles. The van der Waals surface area contributed by atoms with Gasteiger partial charge in [0.25, 0.3) is 0 Å². The minimum atomic E-state index is 0.732. The van der Waals surface area contributed by atoms with Crippen LogP contribution in [0.3, 0.4) is 0 Å². The van der Waals surface area contributed by atoms with E-state index in [1.54, 1.807) is 0 Å². The summed E-state index contributed by atoms with van der Waals surface area (Å²) in [4.78, 5) is 10.7. The van der Waals surface area contributed by atoms with Crippen molar-refractivity contribution < 1.29 is 0 Å². The van der Waals surface area contributed by atoms with Gasteiger partial charge in [-0.3, -0.25) is 0 Å². The van der Waals surface area contributed by atoms with Gasteiger partial charge in [0.2, 0.25) is 5.95 Å². The van der Waals surface area contributed by atoms with Crippen LogP contribution in [-0.4, -0.2) is 21.1 Å². The quantitative estimate of drug-likeness (QED) is 0.515. The topological polar surface area (TPSA) is 36.9 Å². The average Bonchev–Trinajstić information content (AvgIpc) is 3.12. The summed E-state index contributed by atoms with van der Waals surface area (Å²) in [6, 6.07) is 11.9. The fourth-order valence-electron chi connectivity index (χ4n) is 3.82. The van der Waals surface area contributed by atoms with Crippen LogP contribution in [-0.2, 0) is 20.0 Å². The van der Waals surface area contributed by atoms with Crippen molar-refractivity contribution in [3.63, 3.8) is 0 Å². The standard InChI is InChI=1S/C19H16Cl2N4/c1-24-18-9-12(21)3-5-16(18)23-19(24)25-7-6-13-14-8-11(20)2-4-15(14)22-17(13)10-25/h2-5,8-9,22H,6-7,10H2,1H3. The first-order valence-corrected chi connectivity index (χ1v) is 9.01. The minimum absolute atomic E-state index is 0.732. The fourth-order valence-corrected chi connectivity index (χ4v) is 4.16.